The summed E-state index contributed by atoms with van der Waals surface area (Å²) in [6, 6.07) is 17.0. The molecule has 34 heavy (non-hydrogen) atoms. The number of nitrogens with zero attached hydrogens (tertiary/aromatic N) is 3. The summed E-state index contributed by atoms with van der Waals surface area (Å²) in [4.78, 5) is 38.0. The van der Waals surface area contributed by atoms with E-state index in [1.165, 1.54) is 11.3 Å². The van der Waals surface area contributed by atoms with E-state index in [1.807, 2.05) is 60.0 Å². The summed E-state index contributed by atoms with van der Waals surface area (Å²) in [5, 5.41) is 6.06. The number of hydrogen-bond acceptors (Lipinski definition) is 6. The van der Waals surface area contributed by atoms with Gasteiger partial charge in [0.2, 0.25) is 5.91 Å². The quantitative estimate of drug-likeness (QED) is 0.423. The highest BCUT2D eigenvalue weighted by Crippen LogP contribution is 2.34. The Bertz CT molecular complexity index is 1360. The van der Waals surface area contributed by atoms with E-state index in [-0.39, 0.29) is 11.5 Å². The first-order valence-corrected chi connectivity index (χ1v) is 12.4. The number of hydrogen-bond donors (Lipinski definition) is 2. The minimum absolute atomic E-state index is 0.0110. The van der Waals surface area contributed by atoms with E-state index in [2.05, 4.69) is 20.1 Å². The van der Waals surface area contributed by atoms with Crippen molar-refractivity contribution in [1.29, 1.82) is 0 Å². The maximum atomic E-state index is 12.9. The van der Waals surface area contributed by atoms with E-state index in [4.69, 9.17) is 16.6 Å². The fourth-order valence-corrected chi connectivity index (χ4v) is 5.38. The van der Waals surface area contributed by atoms with Gasteiger partial charge in [0.05, 0.1) is 18.5 Å². The molecule has 2 aromatic heterocycles. The first-order valence-electron chi connectivity index (χ1n) is 11.1. The lowest BCUT2D eigenvalue weighted by Crippen LogP contribution is -2.48. The molecule has 0 aliphatic carbocycles. The van der Waals surface area contributed by atoms with Crippen LogP contribution in [0.1, 0.15) is 5.82 Å². The zero-order valence-electron chi connectivity index (χ0n) is 18.5. The molecule has 4 aromatic rings. The number of H-pyrrole nitrogens is 1. The summed E-state index contributed by atoms with van der Waals surface area (Å²) in [5.74, 6) is 0.642. The maximum absolute atomic E-state index is 12.9. The second-order valence-corrected chi connectivity index (χ2v) is 9.55. The number of benzene rings is 2. The average molecular weight is 494 g/mol. The van der Waals surface area contributed by atoms with Crippen molar-refractivity contribution in [2.45, 2.75) is 6.54 Å². The van der Waals surface area contributed by atoms with Gasteiger partial charge in [-0.25, -0.2) is 4.98 Å². The van der Waals surface area contributed by atoms with Crippen LogP contribution < -0.4 is 10.9 Å². The van der Waals surface area contributed by atoms with Crippen LogP contribution >= 0.6 is 22.9 Å². The lowest BCUT2D eigenvalue weighted by atomic mass is 10.1. The second-order valence-electron chi connectivity index (χ2n) is 8.29. The predicted octanol–water partition coefficient (Wildman–Crippen LogP) is 4.06. The Morgan fingerprint density at radius 1 is 1.00 bits per heavy atom. The van der Waals surface area contributed by atoms with E-state index in [0.717, 1.165) is 43.0 Å². The largest absolute Gasteiger partial charge is 0.325 e. The molecule has 0 saturated carbocycles. The van der Waals surface area contributed by atoms with Gasteiger partial charge in [0, 0.05) is 53.4 Å². The van der Waals surface area contributed by atoms with Crippen LogP contribution in [0, 0.1) is 0 Å². The fraction of sp³-hybridized carbons (Fsp3) is 0.240. The Morgan fingerprint density at radius 3 is 2.47 bits per heavy atom. The Kier molecular flexibility index (Phi) is 6.73. The lowest BCUT2D eigenvalue weighted by Gasteiger charge is -2.33. The van der Waals surface area contributed by atoms with Crippen molar-refractivity contribution >= 4 is 44.7 Å². The van der Waals surface area contributed by atoms with E-state index >= 15 is 0 Å². The Morgan fingerprint density at radius 2 is 1.71 bits per heavy atom. The third kappa shape index (κ3) is 5.05. The topological polar surface area (TPSA) is 81.3 Å². The number of thiophene rings is 1. The van der Waals surface area contributed by atoms with Crippen LogP contribution in [0.5, 0.6) is 0 Å². The van der Waals surface area contributed by atoms with E-state index in [0.29, 0.717) is 34.2 Å². The molecule has 0 radical (unpaired) electrons. The van der Waals surface area contributed by atoms with Gasteiger partial charge in [-0.1, -0.05) is 48.0 Å². The molecule has 5 rings (SSSR count). The number of piperazine rings is 1. The summed E-state index contributed by atoms with van der Waals surface area (Å²) < 4.78 is 0. The zero-order valence-corrected chi connectivity index (χ0v) is 20.0. The highest BCUT2D eigenvalue weighted by molar-refractivity contribution is 7.17. The molecule has 0 atom stereocenters. The molecular formula is C25H24ClN5O2S. The highest BCUT2D eigenvalue weighted by atomic mass is 35.5. The zero-order chi connectivity index (χ0) is 23.5. The monoisotopic (exact) mass is 493 g/mol. The number of aromatic nitrogens is 2. The molecule has 1 aliphatic rings. The van der Waals surface area contributed by atoms with Crippen LogP contribution in [0.3, 0.4) is 0 Å². The molecule has 0 unspecified atom stereocenters. The molecular weight excluding hydrogens is 470 g/mol. The second kappa shape index (κ2) is 10.1. The molecule has 9 heteroatoms. The third-order valence-corrected chi connectivity index (χ3v) is 7.12. The van der Waals surface area contributed by atoms with Gasteiger partial charge in [0.1, 0.15) is 10.7 Å². The Balaban J connectivity index is 1.21. The molecule has 2 N–H and O–H groups in total. The van der Waals surface area contributed by atoms with Crippen LogP contribution in [-0.2, 0) is 11.3 Å². The SMILES string of the molecule is O=C(CN1CCN(Cc2nc3scc(-c4ccccc4Cl)c3c(=O)[nH]2)CC1)Nc1ccccc1. The normalized spacial score (nSPS) is 15.0. The van der Waals surface area contributed by atoms with Gasteiger partial charge in [-0.3, -0.25) is 19.4 Å². The van der Waals surface area contributed by atoms with Crippen molar-refractivity contribution in [2.24, 2.45) is 0 Å². The average Bonchev–Trinajstić information content (AvgIpc) is 3.26. The summed E-state index contributed by atoms with van der Waals surface area (Å²) in [6.45, 7) is 4.10. The number of rotatable bonds is 6. The highest BCUT2D eigenvalue weighted by Gasteiger charge is 2.21. The van der Waals surface area contributed by atoms with E-state index in [1.54, 1.807) is 0 Å². The maximum Gasteiger partial charge on any atom is 0.260 e. The Hall–Kier alpha value is -3.04. The molecule has 0 spiro atoms. The predicted molar refractivity (Wildman–Crippen MR) is 137 cm³/mol. The van der Waals surface area contributed by atoms with Crippen LogP contribution in [0.4, 0.5) is 5.69 Å². The van der Waals surface area contributed by atoms with Gasteiger partial charge < -0.3 is 10.3 Å². The number of aromatic amines is 1. The molecule has 1 fully saturated rings. The summed E-state index contributed by atoms with van der Waals surface area (Å²) in [6.07, 6.45) is 0. The van der Waals surface area contributed by atoms with Crippen molar-refractivity contribution in [2.75, 3.05) is 38.0 Å². The molecule has 1 amide bonds. The van der Waals surface area contributed by atoms with E-state index in [9.17, 15) is 9.59 Å². The molecule has 0 bridgehead atoms. The molecule has 174 valence electrons. The van der Waals surface area contributed by atoms with Crippen molar-refractivity contribution in [1.82, 2.24) is 19.8 Å². The van der Waals surface area contributed by atoms with Crippen molar-refractivity contribution in [3.8, 4) is 11.1 Å². The van der Waals surface area contributed by atoms with Crippen molar-refractivity contribution in [3.63, 3.8) is 0 Å². The van der Waals surface area contributed by atoms with Crippen LogP contribution in [0.15, 0.2) is 64.8 Å². The molecule has 7 nitrogen and oxygen atoms in total. The molecule has 3 heterocycles. The van der Waals surface area contributed by atoms with Crippen molar-refractivity contribution in [3.05, 3.63) is 81.2 Å². The number of amides is 1. The van der Waals surface area contributed by atoms with Gasteiger partial charge in [-0.05, 0) is 18.2 Å². The smallest absolute Gasteiger partial charge is 0.260 e. The minimum atomic E-state index is -0.146. The number of carbonyl (C=O) groups excluding carboxylic acids is 1. The fourth-order valence-electron chi connectivity index (χ4n) is 4.19. The van der Waals surface area contributed by atoms with Crippen LogP contribution in [0.25, 0.3) is 21.3 Å². The number of para-hydroxylation sites is 1. The van der Waals surface area contributed by atoms with Crippen LogP contribution in [-0.4, -0.2) is 58.4 Å². The number of fused-ring (bicyclic) bond motifs is 1. The lowest BCUT2D eigenvalue weighted by molar-refractivity contribution is -0.117. The van der Waals surface area contributed by atoms with Gasteiger partial charge in [-0.15, -0.1) is 11.3 Å². The number of nitrogens with one attached hydrogen (secondary N) is 2. The number of anilines is 1. The van der Waals surface area contributed by atoms with Gasteiger partial charge in [-0.2, -0.15) is 0 Å². The molecule has 2 aromatic carbocycles. The third-order valence-electron chi connectivity index (χ3n) is 5.92. The van der Waals surface area contributed by atoms with E-state index < -0.39 is 0 Å². The first kappa shape index (κ1) is 22.7. The standard InChI is InChI=1S/C25H24ClN5O2S/c26-20-9-5-4-8-18(20)19-16-34-25-23(19)24(33)28-21(29-25)14-30-10-12-31(13-11-30)15-22(32)27-17-6-2-1-3-7-17/h1-9,16H,10-15H2,(H,27,32)(H,28,29,33). The van der Waals surface area contributed by atoms with Crippen molar-refractivity contribution < 1.29 is 4.79 Å². The summed E-state index contributed by atoms with van der Waals surface area (Å²) in [7, 11) is 0. The summed E-state index contributed by atoms with van der Waals surface area (Å²) in [5.41, 5.74) is 2.31. The van der Waals surface area contributed by atoms with Crippen LogP contribution in [0.2, 0.25) is 5.02 Å². The molecule has 1 saturated heterocycles. The number of halogens is 1. The Labute approximate surface area is 206 Å². The first-order chi connectivity index (χ1) is 16.6. The number of carbonyl (C=O) groups is 1. The van der Waals surface area contributed by atoms with Gasteiger partial charge >= 0.3 is 0 Å². The van der Waals surface area contributed by atoms with Gasteiger partial charge in [0.25, 0.3) is 5.56 Å². The minimum Gasteiger partial charge on any atom is -0.325 e. The van der Waals surface area contributed by atoms with Gasteiger partial charge in [0.15, 0.2) is 0 Å². The summed E-state index contributed by atoms with van der Waals surface area (Å²) >= 11 is 7.80. The molecule has 1 aliphatic heterocycles.